The fourth-order valence-electron chi connectivity index (χ4n) is 3.54. The Bertz CT molecular complexity index is 1050. The summed E-state index contributed by atoms with van der Waals surface area (Å²) in [5, 5.41) is 15.3. The van der Waals surface area contributed by atoms with Crippen LogP contribution in [0.3, 0.4) is 0 Å². The Labute approximate surface area is 157 Å². The van der Waals surface area contributed by atoms with Crippen molar-refractivity contribution >= 4 is 11.3 Å². The van der Waals surface area contributed by atoms with Crippen LogP contribution >= 0.6 is 0 Å². The largest absolute Gasteiger partial charge is 0.372 e. The van der Waals surface area contributed by atoms with Crippen molar-refractivity contribution in [3.05, 3.63) is 63.7 Å². The molecule has 1 atom stereocenters. The number of aromatic amines is 1. The molecule has 0 saturated carbocycles. The molecule has 0 spiro atoms. The molecule has 0 bridgehead atoms. The van der Waals surface area contributed by atoms with Gasteiger partial charge >= 0.3 is 0 Å². The molecule has 1 unspecified atom stereocenters. The van der Waals surface area contributed by atoms with Crippen LogP contribution in [0.5, 0.6) is 0 Å². The van der Waals surface area contributed by atoms with Gasteiger partial charge in [0.25, 0.3) is 5.56 Å². The molecule has 1 aromatic carbocycles. The number of fused-ring (bicyclic) bond motifs is 1. The van der Waals surface area contributed by atoms with Crippen LogP contribution in [0.1, 0.15) is 42.6 Å². The van der Waals surface area contributed by atoms with E-state index in [9.17, 15) is 4.79 Å². The van der Waals surface area contributed by atoms with E-state index in [-0.39, 0.29) is 11.6 Å². The Morgan fingerprint density at radius 1 is 1.33 bits per heavy atom. The summed E-state index contributed by atoms with van der Waals surface area (Å²) in [5.41, 5.74) is 3.60. The second kappa shape index (κ2) is 7.25. The Kier molecular flexibility index (Phi) is 4.65. The van der Waals surface area contributed by atoms with Crippen LogP contribution in [0.25, 0.3) is 5.65 Å². The molecule has 0 amide bonds. The second-order valence-corrected chi connectivity index (χ2v) is 6.94. The maximum atomic E-state index is 12.2. The third kappa shape index (κ3) is 3.44. The van der Waals surface area contributed by atoms with Gasteiger partial charge in [0, 0.05) is 43.6 Å². The van der Waals surface area contributed by atoms with Gasteiger partial charge in [0.05, 0.1) is 5.69 Å². The Morgan fingerprint density at radius 3 is 2.93 bits per heavy atom. The summed E-state index contributed by atoms with van der Waals surface area (Å²) in [4.78, 5) is 19.1. The van der Waals surface area contributed by atoms with Crippen LogP contribution in [-0.2, 0) is 6.54 Å². The van der Waals surface area contributed by atoms with Crippen molar-refractivity contribution in [3.8, 4) is 6.07 Å². The van der Waals surface area contributed by atoms with Gasteiger partial charge in [-0.25, -0.2) is 9.50 Å². The van der Waals surface area contributed by atoms with Gasteiger partial charge < -0.3 is 10.2 Å². The number of nitrogens with zero attached hydrogens (tertiary/aromatic N) is 4. The molecule has 1 saturated heterocycles. The minimum Gasteiger partial charge on any atom is -0.372 e. The number of anilines is 1. The van der Waals surface area contributed by atoms with E-state index >= 15 is 0 Å². The average molecular weight is 362 g/mol. The van der Waals surface area contributed by atoms with E-state index in [1.807, 2.05) is 6.07 Å². The van der Waals surface area contributed by atoms with Gasteiger partial charge in [-0.1, -0.05) is 12.1 Å². The molecule has 2 N–H and O–H groups in total. The molecule has 4 rings (SSSR count). The minimum atomic E-state index is -0.220. The van der Waals surface area contributed by atoms with Crippen molar-refractivity contribution in [1.82, 2.24) is 19.9 Å². The number of aromatic nitrogens is 3. The normalized spacial score (nSPS) is 15.2. The SMILES string of the molecule is CC(NCc1cc(=O)n2[nH]cc(C#N)c2n1)c1cccc(N2CCCC2)c1. The van der Waals surface area contributed by atoms with Crippen molar-refractivity contribution in [1.29, 1.82) is 5.26 Å². The van der Waals surface area contributed by atoms with Crippen molar-refractivity contribution in [2.24, 2.45) is 0 Å². The highest BCUT2D eigenvalue weighted by Gasteiger charge is 2.14. The van der Waals surface area contributed by atoms with Crippen molar-refractivity contribution in [2.45, 2.75) is 32.4 Å². The number of H-pyrrole nitrogens is 1. The van der Waals surface area contributed by atoms with Crippen LogP contribution in [-0.4, -0.2) is 27.7 Å². The molecular weight excluding hydrogens is 340 g/mol. The van der Waals surface area contributed by atoms with Crippen LogP contribution < -0.4 is 15.8 Å². The van der Waals surface area contributed by atoms with E-state index in [2.05, 4.69) is 51.5 Å². The third-order valence-electron chi connectivity index (χ3n) is 5.10. The lowest BCUT2D eigenvalue weighted by Crippen LogP contribution is -2.23. The van der Waals surface area contributed by atoms with Crippen LogP contribution in [0.15, 0.2) is 41.3 Å². The van der Waals surface area contributed by atoms with E-state index in [0.29, 0.717) is 23.4 Å². The smallest absolute Gasteiger partial charge is 0.272 e. The number of nitrogens with one attached hydrogen (secondary N) is 2. The van der Waals surface area contributed by atoms with Gasteiger partial charge in [-0.3, -0.25) is 9.89 Å². The standard InChI is InChI=1S/C20H22N6O/c1-14(15-5-4-6-18(9-15)25-7-2-3-8-25)22-13-17-10-19(27)26-20(24-17)16(11-21)12-23-26/h4-6,9-10,12,14,22-23H,2-3,7-8,13H2,1H3. The summed E-state index contributed by atoms with van der Waals surface area (Å²) in [6.07, 6.45) is 4.00. The van der Waals surface area contributed by atoms with E-state index in [1.54, 1.807) is 0 Å². The van der Waals surface area contributed by atoms with Crippen molar-refractivity contribution in [2.75, 3.05) is 18.0 Å². The van der Waals surface area contributed by atoms with Gasteiger partial charge in [-0.15, -0.1) is 0 Å². The maximum absolute atomic E-state index is 12.2. The fraction of sp³-hybridized carbons (Fsp3) is 0.350. The van der Waals surface area contributed by atoms with Crippen LogP contribution in [0, 0.1) is 11.3 Å². The summed E-state index contributed by atoms with van der Waals surface area (Å²) in [6.45, 7) is 4.80. The summed E-state index contributed by atoms with van der Waals surface area (Å²) >= 11 is 0. The van der Waals surface area contributed by atoms with E-state index in [0.717, 1.165) is 13.1 Å². The van der Waals surface area contributed by atoms with Crippen molar-refractivity contribution < 1.29 is 0 Å². The molecule has 1 aliphatic rings. The second-order valence-electron chi connectivity index (χ2n) is 6.94. The van der Waals surface area contributed by atoms with Crippen molar-refractivity contribution in [3.63, 3.8) is 0 Å². The molecule has 27 heavy (non-hydrogen) atoms. The monoisotopic (exact) mass is 362 g/mol. The quantitative estimate of drug-likeness (QED) is 0.727. The first-order valence-electron chi connectivity index (χ1n) is 9.24. The number of hydrogen-bond acceptors (Lipinski definition) is 5. The average Bonchev–Trinajstić information content (AvgIpc) is 3.36. The van der Waals surface area contributed by atoms with Gasteiger partial charge in [-0.2, -0.15) is 5.26 Å². The molecular formula is C20H22N6O. The predicted octanol–water partition coefficient (Wildman–Crippen LogP) is 2.35. The lowest BCUT2D eigenvalue weighted by Gasteiger charge is -2.20. The van der Waals surface area contributed by atoms with Gasteiger partial charge in [0.1, 0.15) is 11.6 Å². The Morgan fingerprint density at radius 2 is 2.15 bits per heavy atom. The Balaban J connectivity index is 1.50. The molecule has 1 fully saturated rings. The summed E-state index contributed by atoms with van der Waals surface area (Å²) in [7, 11) is 0. The zero-order valence-corrected chi connectivity index (χ0v) is 15.3. The molecule has 138 valence electrons. The highest BCUT2D eigenvalue weighted by Crippen LogP contribution is 2.24. The van der Waals surface area contributed by atoms with Crippen LogP contribution in [0.4, 0.5) is 5.69 Å². The highest BCUT2D eigenvalue weighted by molar-refractivity contribution is 5.53. The zero-order chi connectivity index (χ0) is 18.8. The fourth-order valence-corrected chi connectivity index (χ4v) is 3.54. The van der Waals surface area contributed by atoms with Gasteiger partial charge in [-0.05, 0) is 37.5 Å². The lowest BCUT2D eigenvalue weighted by molar-refractivity contribution is 0.567. The van der Waals surface area contributed by atoms with E-state index in [4.69, 9.17) is 5.26 Å². The molecule has 7 nitrogen and oxygen atoms in total. The summed E-state index contributed by atoms with van der Waals surface area (Å²) < 4.78 is 1.28. The number of benzene rings is 1. The first kappa shape index (κ1) is 17.3. The number of hydrogen-bond donors (Lipinski definition) is 2. The number of rotatable bonds is 5. The van der Waals surface area contributed by atoms with Gasteiger partial charge in [0.15, 0.2) is 5.65 Å². The highest BCUT2D eigenvalue weighted by atomic mass is 16.1. The first-order valence-corrected chi connectivity index (χ1v) is 9.24. The predicted molar refractivity (Wildman–Crippen MR) is 104 cm³/mol. The molecule has 3 aromatic rings. The molecule has 0 aliphatic carbocycles. The number of nitriles is 1. The van der Waals surface area contributed by atoms with E-state index < -0.39 is 0 Å². The molecule has 7 heteroatoms. The topological polar surface area (TPSA) is 89.2 Å². The van der Waals surface area contributed by atoms with Gasteiger partial charge in [0.2, 0.25) is 0 Å². The zero-order valence-electron chi connectivity index (χ0n) is 15.3. The Hall–Kier alpha value is -3.11. The summed E-state index contributed by atoms with van der Waals surface area (Å²) in [6, 6.07) is 12.3. The maximum Gasteiger partial charge on any atom is 0.272 e. The van der Waals surface area contributed by atoms with Crippen LogP contribution in [0.2, 0.25) is 0 Å². The molecule has 1 aliphatic heterocycles. The lowest BCUT2D eigenvalue weighted by atomic mass is 10.1. The molecule has 3 heterocycles. The summed E-state index contributed by atoms with van der Waals surface area (Å²) in [5.74, 6) is 0. The van der Waals surface area contributed by atoms with E-state index in [1.165, 1.54) is 40.9 Å². The first-order chi connectivity index (χ1) is 13.2. The molecule has 2 aromatic heterocycles. The third-order valence-corrected chi connectivity index (χ3v) is 5.10. The molecule has 0 radical (unpaired) electrons. The minimum absolute atomic E-state index is 0.120.